The van der Waals surface area contributed by atoms with Crippen molar-refractivity contribution in [3.63, 3.8) is 0 Å². The second kappa shape index (κ2) is 9.55. The number of thiophene rings is 1. The van der Waals surface area contributed by atoms with Gasteiger partial charge in [0.25, 0.3) is 5.91 Å². The highest BCUT2D eigenvalue weighted by molar-refractivity contribution is 14.1. The second-order valence-electron chi connectivity index (χ2n) is 7.30. The van der Waals surface area contributed by atoms with Crippen LogP contribution in [0.2, 0.25) is 0 Å². The van der Waals surface area contributed by atoms with Crippen LogP contribution in [0, 0.1) is 9.39 Å². The lowest BCUT2D eigenvalue weighted by Gasteiger charge is -2.18. The summed E-state index contributed by atoms with van der Waals surface area (Å²) in [6.45, 7) is 2.48. The van der Waals surface area contributed by atoms with Gasteiger partial charge in [-0.15, -0.1) is 0 Å². The van der Waals surface area contributed by atoms with Gasteiger partial charge in [0.2, 0.25) is 0 Å². The van der Waals surface area contributed by atoms with Crippen LogP contribution >= 0.6 is 33.9 Å². The van der Waals surface area contributed by atoms with E-state index in [1.807, 2.05) is 22.6 Å². The molecule has 1 aliphatic heterocycles. The van der Waals surface area contributed by atoms with Crippen molar-refractivity contribution in [1.82, 2.24) is 20.5 Å². The smallest absolute Gasteiger partial charge is 0.315 e. The van der Waals surface area contributed by atoms with E-state index in [1.54, 1.807) is 37.4 Å². The van der Waals surface area contributed by atoms with E-state index in [0.29, 0.717) is 27.3 Å². The zero-order chi connectivity index (χ0) is 22.8. The molecule has 1 aliphatic rings. The van der Waals surface area contributed by atoms with Crippen molar-refractivity contribution in [2.45, 2.75) is 19.1 Å². The minimum Gasteiger partial charge on any atom is -0.389 e. The number of amides is 3. The van der Waals surface area contributed by atoms with Gasteiger partial charge in [-0.05, 0) is 59.8 Å². The van der Waals surface area contributed by atoms with Crippen molar-refractivity contribution in [2.24, 2.45) is 0 Å². The van der Waals surface area contributed by atoms with Crippen molar-refractivity contribution in [3.05, 3.63) is 51.5 Å². The van der Waals surface area contributed by atoms with Crippen LogP contribution in [-0.4, -0.2) is 58.7 Å². The van der Waals surface area contributed by atoms with Gasteiger partial charge in [-0.1, -0.05) is 11.3 Å². The number of aliphatic hydroxyl groups is 1. The predicted octanol–water partition coefficient (Wildman–Crippen LogP) is 3.29. The number of hydrogen-bond donors (Lipinski definition) is 4. The van der Waals surface area contributed by atoms with E-state index in [4.69, 9.17) is 0 Å². The first kappa shape index (κ1) is 22.7. The molecule has 3 aromatic rings. The number of rotatable bonds is 5. The van der Waals surface area contributed by atoms with Gasteiger partial charge < -0.3 is 26.0 Å². The number of fused-ring (bicyclic) bond motifs is 1. The van der Waals surface area contributed by atoms with Gasteiger partial charge in [-0.2, -0.15) is 0 Å². The molecular formula is C21H21FIN5O3S. The first-order chi connectivity index (χ1) is 15.4. The van der Waals surface area contributed by atoms with Crippen LogP contribution in [0.15, 0.2) is 36.5 Å². The average molecular weight is 569 g/mol. The molecule has 0 radical (unpaired) electrons. The third-order valence-electron chi connectivity index (χ3n) is 5.09. The van der Waals surface area contributed by atoms with E-state index in [9.17, 15) is 19.1 Å². The Balaban J connectivity index is 1.64. The molecule has 3 heterocycles. The Morgan fingerprint density at radius 1 is 1.34 bits per heavy atom. The van der Waals surface area contributed by atoms with Gasteiger partial charge >= 0.3 is 6.03 Å². The number of carbonyl (C=O) groups excluding carboxylic acids is 2. The number of anilines is 2. The van der Waals surface area contributed by atoms with Crippen LogP contribution in [0.5, 0.6) is 0 Å². The fourth-order valence-corrected chi connectivity index (χ4v) is 5.08. The molecule has 8 nitrogen and oxygen atoms in total. The fraction of sp³-hybridized carbons (Fsp3) is 0.286. The van der Waals surface area contributed by atoms with Crippen LogP contribution < -0.4 is 16.0 Å². The lowest BCUT2D eigenvalue weighted by atomic mass is 10.1. The third-order valence-corrected chi connectivity index (χ3v) is 6.79. The lowest BCUT2D eigenvalue weighted by molar-refractivity contribution is 0.0768. The Labute approximate surface area is 201 Å². The van der Waals surface area contributed by atoms with E-state index in [0.717, 1.165) is 3.57 Å². The summed E-state index contributed by atoms with van der Waals surface area (Å²) in [5, 5.41) is 19.9. The molecule has 11 heteroatoms. The highest BCUT2D eigenvalue weighted by Crippen LogP contribution is 2.38. The Hall–Kier alpha value is -2.51. The van der Waals surface area contributed by atoms with Gasteiger partial charge in [-0.3, -0.25) is 4.79 Å². The Morgan fingerprint density at radius 2 is 2.16 bits per heavy atom. The molecule has 3 amide bonds. The summed E-state index contributed by atoms with van der Waals surface area (Å²) < 4.78 is 15.2. The normalized spacial score (nSPS) is 18.1. The van der Waals surface area contributed by atoms with E-state index < -0.39 is 24.0 Å². The number of β-amino-alcohol motifs (C(OH)–C–C–N with tert-alkyl or cyclic N) is 1. The summed E-state index contributed by atoms with van der Waals surface area (Å²) in [7, 11) is 0. The van der Waals surface area contributed by atoms with Gasteiger partial charge in [-0.25, -0.2) is 14.2 Å². The monoisotopic (exact) mass is 569 g/mol. The van der Waals surface area contributed by atoms with Crippen molar-refractivity contribution in [1.29, 1.82) is 0 Å². The summed E-state index contributed by atoms with van der Waals surface area (Å²) in [5.74, 6) is -0.750. The van der Waals surface area contributed by atoms with Crippen LogP contribution in [0.4, 0.5) is 19.9 Å². The number of hydrogen-bond acceptors (Lipinski definition) is 6. The summed E-state index contributed by atoms with van der Waals surface area (Å²) in [6, 6.07) is 7.34. The molecule has 0 bridgehead atoms. The lowest BCUT2D eigenvalue weighted by Crippen LogP contribution is -2.47. The van der Waals surface area contributed by atoms with E-state index in [1.165, 1.54) is 22.3 Å². The quantitative estimate of drug-likeness (QED) is 0.353. The first-order valence-corrected chi connectivity index (χ1v) is 11.9. The topological polar surface area (TPSA) is 107 Å². The number of carbonyl (C=O) groups is 2. The Morgan fingerprint density at radius 3 is 2.91 bits per heavy atom. The molecule has 0 unspecified atom stereocenters. The van der Waals surface area contributed by atoms with Gasteiger partial charge in [0, 0.05) is 34.8 Å². The molecule has 168 valence electrons. The summed E-state index contributed by atoms with van der Waals surface area (Å²) in [5.41, 5.74) is 0.616. The van der Waals surface area contributed by atoms with Gasteiger partial charge in [0.15, 0.2) is 0 Å². The van der Waals surface area contributed by atoms with E-state index >= 15 is 0 Å². The number of urea groups is 1. The number of nitrogens with one attached hydrogen (secondary N) is 3. The first-order valence-electron chi connectivity index (χ1n) is 9.98. The molecule has 32 heavy (non-hydrogen) atoms. The standard InChI is InChI=1S/C21H21FIN5O3S/c1-2-24-21(31)27-15-9-28(10-16(15)29)20(30)17-12-4-3-7-25-18(12)32-19(17)26-14-6-5-11(23)8-13(14)22/h3-8,15-16,26,29H,2,9-10H2,1H3,(H2,24,27,31)/t15-,16-/m0/s1. The highest BCUT2D eigenvalue weighted by atomic mass is 127. The number of likely N-dealkylation sites (tertiary alicyclic amines) is 1. The number of nitrogens with zero attached hydrogens (tertiary/aromatic N) is 2. The molecule has 2 aromatic heterocycles. The molecule has 1 aromatic carbocycles. The fourth-order valence-electron chi connectivity index (χ4n) is 3.58. The summed E-state index contributed by atoms with van der Waals surface area (Å²) in [6.07, 6.45) is 0.739. The zero-order valence-electron chi connectivity index (χ0n) is 17.1. The maximum absolute atomic E-state index is 14.5. The van der Waals surface area contributed by atoms with Gasteiger partial charge in [0.1, 0.15) is 15.6 Å². The van der Waals surface area contributed by atoms with Crippen molar-refractivity contribution >= 4 is 66.8 Å². The number of benzene rings is 1. The van der Waals surface area contributed by atoms with Crippen LogP contribution in [0.3, 0.4) is 0 Å². The minimum atomic E-state index is -0.894. The third kappa shape index (κ3) is 4.64. The predicted molar refractivity (Wildman–Crippen MR) is 130 cm³/mol. The van der Waals surface area contributed by atoms with E-state index in [2.05, 4.69) is 20.9 Å². The second-order valence-corrected chi connectivity index (χ2v) is 9.54. The number of aliphatic hydroxyl groups excluding tert-OH is 1. The Bertz CT molecular complexity index is 1170. The minimum absolute atomic E-state index is 0.0742. The van der Waals surface area contributed by atoms with E-state index in [-0.39, 0.29) is 24.7 Å². The maximum Gasteiger partial charge on any atom is 0.315 e. The van der Waals surface area contributed by atoms with Crippen molar-refractivity contribution in [3.8, 4) is 0 Å². The molecule has 0 saturated carbocycles. The molecule has 1 saturated heterocycles. The van der Waals surface area contributed by atoms with Crippen molar-refractivity contribution < 1.29 is 19.1 Å². The zero-order valence-corrected chi connectivity index (χ0v) is 20.0. The van der Waals surface area contributed by atoms with Gasteiger partial charge in [0.05, 0.1) is 23.4 Å². The number of aromatic nitrogens is 1. The molecule has 4 rings (SSSR count). The molecular weight excluding hydrogens is 548 g/mol. The summed E-state index contributed by atoms with van der Waals surface area (Å²) in [4.78, 5) is 31.8. The van der Waals surface area contributed by atoms with Crippen LogP contribution in [0.1, 0.15) is 17.3 Å². The van der Waals surface area contributed by atoms with Crippen LogP contribution in [-0.2, 0) is 0 Å². The van der Waals surface area contributed by atoms with Crippen LogP contribution in [0.25, 0.3) is 10.2 Å². The maximum atomic E-state index is 14.5. The molecule has 0 aliphatic carbocycles. The Kier molecular flexibility index (Phi) is 6.76. The van der Waals surface area contributed by atoms with Crippen molar-refractivity contribution in [2.75, 3.05) is 25.0 Å². The number of halogens is 2. The molecule has 4 N–H and O–H groups in total. The molecule has 2 atom stereocenters. The number of pyridine rings is 1. The highest BCUT2D eigenvalue weighted by Gasteiger charge is 2.37. The average Bonchev–Trinajstić information content (AvgIpc) is 3.30. The summed E-state index contributed by atoms with van der Waals surface area (Å²) >= 11 is 3.29. The SMILES string of the molecule is CCNC(=O)N[C@H]1CN(C(=O)c2c(Nc3ccc(I)cc3F)sc3ncccc23)C[C@@H]1O. The molecule has 1 fully saturated rings. The molecule has 0 spiro atoms. The largest absolute Gasteiger partial charge is 0.389 e.